The van der Waals surface area contributed by atoms with Crippen molar-refractivity contribution in [3.05, 3.63) is 18.5 Å². The number of piperazine rings is 1. The maximum atomic E-state index is 12.9. The zero-order valence-corrected chi connectivity index (χ0v) is 18.0. The van der Waals surface area contributed by atoms with Gasteiger partial charge >= 0.3 is 5.97 Å². The van der Waals surface area contributed by atoms with Gasteiger partial charge < -0.3 is 14.4 Å². The van der Waals surface area contributed by atoms with Crippen molar-refractivity contribution >= 4 is 11.9 Å². The van der Waals surface area contributed by atoms with Crippen molar-refractivity contribution in [1.82, 2.24) is 14.9 Å². The van der Waals surface area contributed by atoms with Gasteiger partial charge in [-0.25, -0.2) is 9.97 Å². The molecule has 1 spiro atoms. The van der Waals surface area contributed by atoms with Crippen LogP contribution in [0, 0.1) is 23.2 Å². The summed E-state index contributed by atoms with van der Waals surface area (Å²) < 4.78 is 12.5. The van der Waals surface area contributed by atoms with Crippen LogP contribution < -0.4 is 4.90 Å². The minimum Gasteiger partial charge on any atom is -0.462 e. The molecule has 0 aromatic carbocycles. The summed E-state index contributed by atoms with van der Waals surface area (Å²) in [5.74, 6) is 1.54. The first-order chi connectivity index (χ1) is 14.5. The lowest BCUT2D eigenvalue weighted by molar-refractivity contribution is -0.146. The van der Waals surface area contributed by atoms with Crippen LogP contribution in [0.5, 0.6) is 0 Å². The second kappa shape index (κ2) is 6.63. The summed E-state index contributed by atoms with van der Waals surface area (Å²) in [5, 5.41) is 0. The number of ether oxygens (including phenoxy) is 2. The Balaban J connectivity index is 1.15. The predicted molar refractivity (Wildman–Crippen MR) is 111 cm³/mol. The predicted octanol–water partition coefficient (Wildman–Crippen LogP) is 2.12. The number of hydrogen-bond acceptors (Lipinski definition) is 7. The SMILES string of the molecule is C[C@@H]1CCC[C@@]2(C)C[C@H]3OC(=O)[C@H](CN4CCN(c5ncccn5)CC4)[C@@H]3[C@@H]3O[C@]132. The van der Waals surface area contributed by atoms with E-state index in [2.05, 4.69) is 33.6 Å². The Morgan fingerprint density at radius 2 is 1.97 bits per heavy atom. The van der Waals surface area contributed by atoms with E-state index in [1.807, 2.05) is 6.07 Å². The maximum Gasteiger partial charge on any atom is 0.311 e. The average Bonchev–Trinajstić information content (AvgIpc) is 3.44. The van der Waals surface area contributed by atoms with Crippen LogP contribution in [0.1, 0.15) is 39.5 Å². The number of fused-ring (bicyclic) bond motifs is 2. The summed E-state index contributed by atoms with van der Waals surface area (Å²) in [5.41, 5.74) is 0.148. The second-order valence-electron chi connectivity index (χ2n) is 10.4. The monoisotopic (exact) mass is 412 g/mol. The number of rotatable bonds is 3. The fourth-order valence-electron chi connectivity index (χ4n) is 7.31. The molecule has 5 fully saturated rings. The summed E-state index contributed by atoms with van der Waals surface area (Å²) in [4.78, 5) is 26.3. The first-order valence-corrected chi connectivity index (χ1v) is 11.6. The third-order valence-corrected chi connectivity index (χ3v) is 8.86. The zero-order valence-electron chi connectivity index (χ0n) is 18.0. The Bertz CT molecular complexity index is 829. The summed E-state index contributed by atoms with van der Waals surface area (Å²) in [6, 6.07) is 1.84. The molecule has 6 rings (SSSR count). The van der Waals surface area contributed by atoms with Gasteiger partial charge in [-0.2, -0.15) is 0 Å². The van der Waals surface area contributed by atoms with Gasteiger partial charge in [0, 0.05) is 56.5 Å². The number of epoxide rings is 1. The number of esters is 1. The summed E-state index contributed by atoms with van der Waals surface area (Å²) in [6.07, 6.45) is 8.49. The van der Waals surface area contributed by atoms with Gasteiger partial charge in [0.2, 0.25) is 5.95 Å². The number of nitrogens with zero attached hydrogens (tertiary/aromatic N) is 4. The molecule has 0 N–H and O–H groups in total. The molecule has 0 amide bonds. The first kappa shape index (κ1) is 19.0. The van der Waals surface area contributed by atoms with E-state index >= 15 is 0 Å². The molecule has 7 atom stereocenters. The largest absolute Gasteiger partial charge is 0.462 e. The Kier molecular flexibility index (Phi) is 4.20. The Labute approximate surface area is 178 Å². The van der Waals surface area contributed by atoms with Crippen LogP contribution >= 0.6 is 0 Å². The molecule has 2 aliphatic carbocycles. The van der Waals surface area contributed by atoms with Crippen molar-refractivity contribution in [2.24, 2.45) is 23.2 Å². The second-order valence-corrected chi connectivity index (χ2v) is 10.4. The molecule has 30 heavy (non-hydrogen) atoms. The molecule has 0 radical (unpaired) electrons. The van der Waals surface area contributed by atoms with Gasteiger partial charge in [-0.1, -0.05) is 20.3 Å². The molecule has 1 aromatic heterocycles. The molecule has 7 heteroatoms. The van der Waals surface area contributed by atoms with Crippen molar-refractivity contribution in [3.8, 4) is 0 Å². The van der Waals surface area contributed by atoms with E-state index in [0.717, 1.165) is 45.1 Å². The molecule has 7 nitrogen and oxygen atoms in total. The van der Waals surface area contributed by atoms with Crippen LogP contribution in [-0.4, -0.2) is 71.4 Å². The average molecular weight is 413 g/mol. The van der Waals surface area contributed by atoms with E-state index in [-0.39, 0.29) is 41.0 Å². The molecular weight excluding hydrogens is 380 g/mol. The number of hydrogen-bond donors (Lipinski definition) is 0. The highest BCUT2D eigenvalue weighted by molar-refractivity contribution is 5.76. The van der Waals surface area contributed by atoms with Crippen LogP contribution in [0.15, 0.2) is 18.5 Å². The Morgan fingerprint density at radius 3 is 2.73 bits per heavy atom. The molecule has 3 aliphatic heterocycles. The minimum atomic E-state index is -0.0578. The van der Waals surface area contributed by atoms with Crippen molar-refractivity contribution in [3.63, 3.8) is 0 Å². The summed E-state index contributed by atoms with van der Waals surface area (Å²) in [6.45, 7) is 9.14. The van der Waals surface area contributed by atoms with E-state index in [1.54, 1.807) is 12.4 Å². The van der Waals surface area contributed by atoms with E-state index in [0.29, 0.717) is 5.92 Å². The van der Waals surface area contributed by atoms with Gasteiger partial charge in [0.25, 0.3) is 0 Å². The standard InChI is InChI=1S/C23H32N4O3/c1-15-5-3-6-22(2)13-17-18(19-23(15,22)30-19)16(20(28)29-17)14-26-9-11-27(12-10-26)21-24-7-4-8-25-21/h4,7-8,15-19H,3,5-6,9-14H2,1-2H3/t15-,16-,17-,18+,19+,22+,23-/m1/s1. The van der Waals surface area contributed by atoms with Gasteiger partial charge in [-0.3, -0.25) is 9.69 Å². The number of carbonyl (C=O) groups is 1. The highest BCUT2D eigenvalue weighted by Crippen LogP contribution is 2.70. The number of carbonyl (C=O) groups excluding carboxylic acids is 1. The van der Waals surface area contributed by atoms with Gasteiger partial charge in [0.15, 0.2) is 0 Å². The van der Waals surface area contributed by atoms with Gasteiger partial charge in [0.1, 0.15) is 11.7 Å². The van der Waals surface area contributed by atoms with Crippen LogP contribution in [-0.2, 0) is 14.3 Å². The third-order valence-electron chi connectivity index (χ3n) is 8.86. The van der Waals surface area contributed by atoms with Gasteiger partial charge in [-0.15, -0.1) is 0 Å². The number of anilines is 1. The van der Waals surface area contributed by atoms with E-state index < -0.39 is 0 Å². The number of aromatic nitrogens is 2. The fourth-order valence-corrected chi connectivity index (χ4v) is 7.31. The molecule has 4 heterocycles. The molecule has 5 aliphatic rings. The molecule has 0 bridgehead atoms. The minimum absolute atomic E-state index is 0.000581. The highest BCUT2D eigenvalue weighted by atomic mass is 16.6. The van der Waals surface area contributed by atoms with Crippen molar-refractivity contribution in [2.75, 3.05) is 37.6 Å². The summed E-state index contributed by atoms with van der Waals surface area (Å²) >= 11 is 0. The molecule has 3 saturated heterocycles. The van der Waals surface area contributed by atoms with Crippen molar-refractivity contribution < 1.29 is 14.3 Å². The van der Waals surface area contributed by atoms with Gasteiger partial charge in [-0.05, 0) is 31.2 Å². The van der Waals surface area contributed by atoms with Crippen LogP contribution in [0.3, 0.4) is 0 Å². The lowest BCUT2D eigenvalue weighted by Gasteiger charge is -2.49. The van der Waals surface area contributed by atoms with Crippen LogP contribution in [0.4, 0.5) is 5.95 Å². The van der Waals surface area contributed by atoms with Crippen molar-refractivity contribution in [2.45, 2.75) is 57.3 Å². The third kappa shape index (κ3) is 2.60. The topological polar surface area (TPSA) is 71.1 Å². The Hall–Kier alpha value is -1.73. The summed E-state index contributed by atoms with van der Waals surface area (Å²) in [7, 11) is 0. The lowest BCUT2D eigenvalue weighted by Crippen LogP contribution is -2.55. The normalized spacial score (nSPS) is 45.3. The smallest absolute Gasteiger partial charge is 0.311 e. The molecule has 2 saturated carbocycles. The molecule has 0 unspecified atom stereocenters. The lowest BCUT2D eigenvalue weighted by atomic mass is 9.53. The van der Waals surface area contributed by atoms with Crippen LogP contribution in [0.25, 0.3) is 0 Å². The molecular formula is C23H32N4O3. The quantitative estimate of drug-likeness (QED) is 0.556. The zero-order chi connectivity index (χ0) is 20.5. The fraction of sp³-hybridized carbons (Fsp3) is 0.783. The first-order valence-electron chi connectivity index (χ1n) is 11.6. The Morgan fingerprint density at radius 1 is 1.20 bits per heavy atom. The maximum absolute atomic E-state index is 12.9. The van der Waals surface area contributed by atoms with Crippen molar-refractivity contribution in [1.29, 1.82) is 0 Å². The van der Waals surface area contributed by atoms with E-state index in [4.69, 9.17) is 9.47 Å². The molecule has 162 valence electrons. The van der Waals surface area contributed by atoms with Crippen LogP contribution in [0.2, 0.25) is 0 Å². The van der Waals surface area contributed by atoms with E-state index in [1.165, 1.54) is 19.3 Å². The van der Waals surface area contributed by atoms with Gasteiger partial charge in [0.05, 0.1) is 12.0 Å². The highest BCUT2D eigenvalue weighted by Gasteiger charge is 2.78. The van der Waals surface area contributed by atoms with E-state index in [9.17, 15) is 4.79 Å². The molecule has 1 aromatic rings.